The molecule has 1 unspecified atom stereocenters. The van der Waals surface area contributed by atoms with Crippen LogP contribution in [-0.4, -0.2) is 43.6 Å². The lowest BCUT2D eigenvalue weighted by atomic mass is 10.1. The molecule has 0 aromatic rings. The zero-order valence-electron chi connectivity index (χ0n) is 12.3. The summed E-state index contributed by atoms with van der Waals surface area (Å²) in [7, 11) is 0. The smallest absolute Gasteiger partial charge is 0.188 e. The highest BCUT2D eigenvalue weighted by Crippen LogP contribution is 2.17. The Hall–Kier alpha value is -0.770. The molecule has 0 amide bonds. The third-order valence-corrected chi connectivity index (χ3v) is 3.35. The van der Waals surface area contributed by atoms with Gasteiger partial charge in [-0.1, -0.05) is 27.2 Å². The van der Waals surface area contributed by atoms with E-state index in [0.717, 1.165) is 25.4 Å². The summed E-state index contributed by atoms with van der Waals surface area (Å²) in [6, 6.07) is 0. The van der Waals surface area contributed by atoms with E-state index in [1.54, 1.807) is 0 Å². The van der Waals surface area contributed by atoms with Crippen molar-refractivity contribution in [1.82, 2.24) is 10.2 Å². The first kappa shape index (κ1) is 15.3. The van der Waals surface area contributed by atoms with Gasteiger partial charge in [0, 0.05) is 26.2 Å². The molecule has 0 radical (unpaired) electrons. The van der Waals surface area contributed by atoms with Crippen LogP contribution in [0, 0.1) is 11.8 Å². The highest BCUT2D eigenvalue weighted by atomic mass is 15.2. The Morgan fingerprint density at radius 2 is 2.28 bits per heavy atom. The van der Waals surface area contributed by atoms with Crippen LogP contribution < -0.4 is 11.1 Å². The van der Waals surface area contributed by atoms with Gasteiger partial charge in [0.15, 0.2) is 5.96 Å². The number of rotatable bonds is 7. The molecule has 0 aromatic heterocycles. The fourth-order valence-electron chi connectivity index (χ4n) is 2.42. The number of nitrogens with zero attached hydrogens (tertiary/aromatic N) is 2. The second-order valence-corrected chi connectivity index (χ2v) is 5.81. The molecule has 0 spiro atoms. The zero-order valence-corrected chi connectivity index (χ0v) is 12.3. The molecular formula is C14H30N4. The maximum atomic E-state index is 5.83. The number of nitrogens with two attached hydrogens (primary N) is 1. The summed E-state index contributed by atoms with van der Waals surface area (Å²) < 4.78 is 0. The van der Waals surface area contributed by atoms with Crippen LogP contribution in [0.1, 0.15) is 40.0 Å². The van der Waals surface area contributed by atoms with Crippen LogP contribution in [0.4, 0.5) is 0 Å². The van der Waals surface area contributed by atoms with Gasteiger partial charge >= 0.3 is 0 Å². The molecule has 18 heavy (non-hydrogen) atoms. The van der Waals surface area contributed by atoms with E-state index >= 15 is 0 Å². The minimum Gasteiger partial charge on any atom is -0.370 e. The summed E-state index contributed by atoms with van der Waals surface area (Å²) in [4.78, 5) is 7.00. The molecule has 106 valence electrons. The molecule has 1 heterocycles. The molecule has 1 atom stereocenters. The number of guanidine groups is 1. The number of unbranched alkanes of at least 4 members (excludes halogenated alkanes) is 1. The molecule has 0 aromatic carbocycles. The third kappa shape index (κ3) is 6.24. The first-order chi connectivity index (χ1) is 8.61. The van der Waals surface area contributed by atoms with Crippen LogP contribution in [0.5, 0.6) is 0 Å². The molecule has 1 aliphatic heterocycles. The molecular weight excluding hydrogens is 224 g/mol. The normalized spacial score (nSPS) is 21.8. The van der Waals surface area contributed by atoms with Crippen molar-refractivity contribution in [3.63, 3.8) is 0 Å². The summed E-state index contributed by atoms with van der Waals surface area (Å²) in [6.45, 7) is 12.2. The first-order valence-corrected chi connectivity index (χ1v) is 7.38. The number of hydrogen-bond donors (Lipinski definition) is 2. The summed E-state index contributed by atoms with van der Waals surface area (Å²) in [5, 5.41) is 3.17. The Balaban J connectivity index is 2.17. The molecule has 0 saturated carbocycles. The van der Waals surface area contributed by atoms with Gasteiger partial charge < -0.3 is 16.0 Å². The minimum absolute atomic E-state index is 0.616. The Morgan fingerprint density at radius 1 is 1.50 bits per heavy atom. The van der Waals surface area contributed by atoms with E-state index < -0.39 is 0 Å². The highest BCUT2D eigenvalue weighted by Gasteiger charge is 2.22. The van der Waals surface area contributed by atoms with Crippen LogP contribution in [-0.2, 0) is 0 Å². The maximum absolute atomic E-state index is 5.83. The lowest BCUT2D eigenvalue weighted by molar-refractivity contribution is 0.288. The van der Waals surface area contributed by atoms with E-state index in [2.05, 4.69) is 36.0 Å². The fourth-order valence-corrected chi connectivity index (χ4v) is 2.42. The van der Waals surface area contributed by atoms with Gasteiger partial charge in [-0.05, 0) is 31.2 Å². The van der Waals surface area contributed by atoms with Crippen LogP contribution in [0.15, 0.2) is 4.99 Å². The summed E-state index contributed by atoms with van der Waals surface area (Å²) in [6.07, 6.45) is 3.60. The first-order valence-electron chi connectivity index (χ1n) is 7.38. The lowest BCUT2D eigenvalue weighted by Gasteiger charge is -2.17. The molecule has 0 bridgehead atoms. The fraction of sp³-hybridized carbons (Fsp3) is 0.929. The van der Waals surface area contributed by atoms with E-state index in [1.807, 2.05) is 0 Å². The highest BCUT2D eigenvalue weighted by molar-refractivity contribution is 5.77. The predicted molar refractivity (Wildman–Crippen MR) is 78.8 cm³/mol. The molecule has 1 fully saturated rings. The molecule has 1 rings (SSSR count). The molecule has 4 nitrogen and oxygen atoms in total. The quantitative estimate of drug-likeness (QED) is 0.413. The van der Waals surface area contributed by atoms with Gasteiger partial charge in [0.25, 0.3) is 0 Å². The van der Waals surface area contributed by atoms with Crippen molar-refractivity contribution in [3.05, 3.63) is 0 Å². The zero-order chi connectivity index (χ0) is 13.4. The second-order valence-electron chi connectivity index (χ2n) is 5.81. The number of likely N-dealkylation sites (tertiary alicyclic amines) is 1. The topological polar surface area (TPSA) is 53.6 Å². The summed E-state index contributed by atoms with van der Waals surface area (Å²) in [5.41, 5.74) is 5.83. The van der Waals surface area contributed by atoms with E-state index in [9.17, 15) is 0 Å². The third-order valence-electron chi connectivity index (χ3n) is 3.35. The summed E-state index contributed by atoms with van der Waals surface area (Å²) in [5.74, 6) is 2.06. The number of hydrogen-bond acceptors (Lipinski definition) is 2. The molecule has 1 aliphatic rings. The Kier molecular flexibility index (Phi) is 7.09. The van der Waals surface area contributed by atoms with Crippen LogP contribution in [0.25, 0.3) is 0 Å². The van der Waals surface area contributed by atoms with Crippen molar-refractivity contribution in [3.8, 4) is 0 Å². The number of aliphatic imine (C=N–C) groups is 1. The van der Waals surface area contributed by atoms with Crippen LogP contribution in [0.2, 0.25) is 0 Å². The van der Waals surface area contributed by atoms with Crippen molar-refractivity contribution < 1.29 is 0 Å². The monoisotopic (exact) mass is 254 g/mol. The average molecular weight is 254 g/mol. The number of nitrogens with one attached hydrogen (secondary N) is 1. The molecule has 3 N–H and O–H groups in total. The summed E-state index contributed by atoms with van der Waals surface area (Å²) >= 11 is 0. The van der Waals surface area contributed by atoms with E-state index in [4.69, 9.17) is 5.73 Å². The SMILES string of the molecule is CCCCNC(N)=NCC1CCN(CC(C)C)C1. The van der Waals surface area contributed by atoms with Crippen LogP contribution in [0.3, 0.4) is 0 Å². The van der Waals surface area contributed by atoms with Crippen molar-refractivity contribution >= 4 is 5.96 Å². The van der Waals surface area contributed by atoms with Gasteiger partial charge in [-0.3, -0.25) is 4.99 Å². The van der Waals surface area contributed by atoms with Crippen molar-refractivity contribution in [2.24, 2.45) is 22.6 Å². The second kappa shape index (κ2) is 8.35. The van der Waals surface area contributed by atoms with Crippen LogP contribution >= 0.6 is 0 Å². The van der Waals surface area contributed by atoms with Crippen molar-refractivity contribution in [2.75, 3.05) is 32.7 Å². The Bertz CT molecular complexity index is 250. The van der Waals surface area contributed by atoms with Gasteiger partial charge in [0.05, 0.1) is 0 Å². The van der Waals surface area contributed by atoms with E-state index in [-0.39, 0.29) is 0 Å². The van der Waals surface area contributed by atoms with E-state index in [0.29, 0.717) is 11.9 Å². The van der Waals surface area contributed by atoms with Crippen molar-refractivity contribution in [2.45, 2.75) is 40.0 Å². The van der Waals surface area contributed by atoms with E-state index in [1.165, 1.54) is 32.5 Å². The molecule has 4 heteroatoms. The van der Waals surface area contributed by atoms with Gasteiger partial charge in [0.2, 0.25) is 0 Å². The lowest BCUT2D eigenvalue weighted by Crippen LogP contribution is -2.33. The Labute approximate surface area is 112 Å². The van der Waals surface area contributed by atoms with Gasteiger partial charge in [-0.25, -0.2) is 0 Å². The maximum Gasteiger partial charge on any atom is 0.188 e. The molecule has 1 saturated heterocycles. The Morgan fingerprint density at radius 3 is 2.94 bits per heavy atom. The average Bonchev–Trinajstić information content (AvgIpc) is 2.73. The minimum atomic E-state index is 0.616. The molecule has 0 aliphatic carbocycles. The van der Waals surface area contributed by atoms with Gasteiger partial charge in [-0.2, -0.15) is 0 Å². The standard InChI is InChI=1S/C14H30N4/c1-4-5-7-16-14(15)17-9-13-6-8-18(11-13)10-12(2)3/h12-13H,4-11H2,1-3H3,(H3,15,16,17). The van der Waals surface area contributed by atoms with Gasteiger partial charge in [-0.15, -0.1) is 0 Å². The predicted octanol–water partition coefficient (Wildman–Crippen LogP) is 1.67. The van der Waals surface area contributed by atoms with Gasteiger partial charge in [0.1, 0.15) is 0 Å². The van der Waals surface area contributed by atoms with Crippen molar-refractivity contribution in [1.29, 1.82) is 0 Å². The largest absolute Gasteiger partial charge is 0.370 e.